The molecule has 1 aromatic rings. The third-order valence-electron chi connectivity index (χ3n) is 4.92. The van der Waals surface area contributed by atoms with Gasteiger partial charge in [-0.2, -0.15) is 0 Å². The van der Waals surface area contributed by atoms with Crippen LogP contribution in [-0.4, -0.2) is 67.6 Å². The molecule has 6 nitrogen and oxygen atoms in total. The summed E-state index contributed by atoms with van der Waals surface area (Å²) >= 11 is 6.07. The van der Waals surface area contributed by atoms with Crippen molar-refractivity contribution in [2.75, 3.05) is 45.9 Å². The summed E-state index contributed by atoms with van der Waals surface area (Å²) in [4.78, 5) is 29.0. The molecule has 2 saturated heterocycles. The average molecular weight is 380 g/mol. The normalized spacial score (nSPS) is 20.2. The summed E-state index contributed by atoms with van der Waals surface area (Å²) in [5.74, 6) is 0.0668. The summed E-state index contributed by atoms with van der Waals surface area (Å²) in [6, 6.07) is 7.52. The van der Waals surface area contributed by atoms with Gasteiger partial charge in [0.15, 0.2) is 0 Å². The van der Waals surface area contributed by atoms with E-state index < -0.39 is 0 Å². The van der Waals surface area contributed by atoms with E-state index >= 15 is 0 Å². The van der Waals surface area contributed by atoms with Crippen molar-refractivity contribution in [1.82, 2.24) is 15.1 Å². The van der Waals surface area contributed by atoms with E-state index in [2.05, 4.69) is 5.32 Å². The molecule has 2 aliphatic rings. The van der Waals surface area contributed by atoms with Gasteiger partial charge in [0.1, 0.15) is 0 Å². The molecular weight excluding hydrogens is 354 g/mol. The molecule has 7 heteroatoms. The fourth-order valence-electron chi connectivity index (χ4n) is 3.41. The van der Waals surface area contributed by atoms with Crippen LogP contribution in [-0.2, 0) is 20.9 Å². The van der Waals surface area contributed by atoms with Gasteiger partial charge in [0.05, 0.1) is 12.5 Å². The van der Waals surface area contributed by atoms with Gasteiger partial charge in [-0.15, -0.1) is 0 Å². The molecule has 0 saturated carbocycles. The van der Waals surface area contributed by atoms with Crippen molar-refractivity contribution in [3.63, 3.8) is 0 Å². The van der Waals surface area contributed by atoms with E-state index in [-0.39, 0.29) is 17.7 Å². The van der Waals surface area contributed by atoms with E-state index in [0.717, 1.165) is 38.2 Å². The van der Waals surface area contributed by atoms with Gasteiger partial charge in [-0.05, 0) is 24.1 Å². The van der Waals surface area contributed by atoms with Gasteiger partial charge in [0, 0.05) is 57.3 Å². The topological polar surface area (TPSA) is 61.9 Å². The number of hydrogen-bond donors (Lipinski definition) is 1. The molecule has 0 unspecified atom stereocenters. The molecule has 2 heterocycles. The van der Waals surface area contributed by atoms with Crippen LogP contribution in [0, 0.1) is 5.92 Å². The molecule has 1 atom stereocenters. The molecule has 0 radical (unpaired) electrons. The van der Waals surface area contributed by atoms with Crippen LogP contribution in [0.3, 0.4) is 0 Å². The smallest absolute Gasteiger partial charge is 0.228 e. The second kappa shape index (κ2) is 9.35. The van der Waals surface area contributed by atoms with Crippen LogP contribution < -0.4 is 5.32 Å². The summed E-state index contributed by atoms with van der Waals surface area (Å²) in [5.41, 5.74) is 0.972. The maximum atomic E-state index is 12.9. The van der Waals surface area contributed by atoms with Crippen LogP contribution in [0.1, 0.15) is 18.4 Å². The van der Waals surface area contributed by atoms with Gasteiger partial charge in [0.25, 0.3) is 0 Å². The van der Waals surface area contributed by atoms with Crippen LogP contribution in [0.25, 0.3) is 0 Å². The number of carbonyl (C=O) groups excluding carboxylic acids is 2. The maximum Gasteiger partial charge on any atom is 0.228 e. The first-order chi connectivity index (χ1) is 12.6. The quantitative estimate of drug-likeness (QED) is 0.814. The van der Waals surface area contributed by atoms with Gasteiger partial charge >= 0.3 is 0 Å². The van der Waals surface area contributed by atoms with E-state index in [0.29, 0.717) is 37.7 Å². The lowest BCUT2D eigenvalue weighted by Gasteiger charge is -2.30. The second-order valence-corrected chi connectivity index (χ2v) is 7.27. The van der Waals surface area contributed by atoms with Crippen LogP contribution >= 0.6 is 11.6 Å². The van der Waals surface area contributed by atoms with E-state index in [1.165, 1.54) is 0 Å². The largest absolute Gasteiger partial charge is 0.381 e. The molecule has 1 N–H and O–H groups in total. The zero-order valence-electron chi connectivity index (χ0n) is 15.0. The highest BCUT2D eigenvalue weighted by Crippen LogP contribution is 2.19. The molecule has 0 aliphatic carbocycles. The third kappa shape index (κ3) is 5.19. The average Bonchev–Trinajstić information content (AvgIpc) is 3.20. The number of amides is 2. The lowest BCUT2D eigenvalue weighted by Crippen LogP contribution is -2.47. The Morgan fingerprint density at radius 2 is 2.12 bits per heavy atom. The molecule has 1 aromatic carbocycles. The highest BCUT2D eigenvalue weighted by Gasteiger charge is 2.29. The molecule has 2 aliphatic heterocycles. The first kappa shape index (κ1) is 19.1. The van der Waals surface area contributed by atoms with Crippen molar-refractivity contribution in [2.45, 2.75) is 19.4 Å². The van der Waals surface area contributed by atoms with Gasteiger partial charge in [0.2, 0.25) is 11.8 Å². The van der Waals surface area contributed by atoms with Crippen LogP contribution in [0.5, 0.6) is 0 Å². The SMILES string of the molecule is O=C(CCN(Cc1cccc(Cl)c1)C(=O)[C@H]1CCOC1)N1CCNCC1. The predicted octanol–water partition coefficient (Wildman–Crippen LogP) is 1.53. The Morgan fingerprint density at radius 3 is 2.81 bits per heavy atom. The van der Waals surface area contributed by atoms with E-state index in [9.17, 15) is 9.59 Å². The Kier molecular flexibility index (Phi) is 6.88. The molecule has 2 fully saturated rings. The zero-order chi connectivity index (χ0) is 18.4. The first-order valence-electron chi connectivity index (χ1n) is 9.23. The van der Waals surface area contributed by atoms with E-state index in [1.807, 2.05) is 29.2 Å². The number of carbonyl (C=O) groups is 2. The highest BCUT2D eigenvalue weighted by atomic mass is 35.5. The Morgan fingerprint density at radius 1 is 1.31 bits per heavy atom. The number of benzene rings is 1. The number of hydrogen-bond acceptors (Lipinski definition) is 4. The summed E-state index contributed by atoms with van der Waals surface area (Å²) in [5, 5.41) is 3.89. The molecule has 2 amide bonds. The third-order valence-corrected chi connectivity index (χ3v) is 5.15. The Labute approximate surface area is 159 Å². The van der Waals surface area contributed by atoms with Gasteiger partial charge in [-0.25, -0.2) is 0 Å². The van der Waals surface area contributed by atoms with Crippen molar-refractivity contribution in [3.8, 4) is 0 Å². The second-order valence-electron chi connectivity index (χ2n) is 6.83. The van der Waals surface area contributed by atoms with Crippen molar-refractivity contribution in [1.29, 1.82) is 0 Å². The minimum atomic E-state index is -0.108. The number of nitrogens with zero attached hydrogens (tertiary/aromatic N) is 2. The predicted molar refractivity (Wildman–Crippen MR) is 99.9 cm³/mol. The van der Waals surface area contributed by atoms with E-state index in [4.69, 9.17) is 16.3 Å². The number of rotatable bonds is 6. The van der Waals surface area contributed by atoms with Gasteiger partial charge < -0.3 is 19.9 Å². The zero-order valence-corrected chi connectivity index (χ0v) is 15.7. The lowest BCUT2D eigenvalue weighted by molar-refractivity contribution is -0.138. The first-order valence-corrected chi connectivity index (χ1v) is 9.61. The Balaban J connectivity index is 1.63. The van der Waals surface area contributed by atoms with Crippen LogP contribution in [0.2, 0.25) is 5.02 Å². The van der Waals surface area contributed by atoms with Crippen molar-refractivity contribution in [2.24, 2.45) is 5.92 Å². The standard InChI is InChI=1S/C19H26ClN3O3/c20-17-3-1-2-15(12-17)13-23(19(25)16-5-11-26-14-16)8-4-18(24)22-9-6-21-7-10-22/h1-3,12,16,21H,4-11,13-14H2/t16-/m0/s1. The summed E-state index contributed by atoms with van der Waals surface area (Å²) in [6.07, 6.45) is 1.09. The van der Waals surface area contributed by atoms with E-state index in [1.54, 1.807) is 4.90 Å². The van der Waals surface area contributed by atoms with Crippen LogP contribution in [0.15, 0.2) is 24.3 Å². The maximum absolute atomic E-state index is 12.9. The summed E-state index contributed by atoms with van der Waals surface area (Å²) in [6.45, 7) is 5.11. The molecule has 0 spiro atoms. The highest BCUT2D eigenvalue weighted by molar-refractivity contribution is 6.30. The number of piperazine rings is 1. The molecule has 142 valence electrons. The van der Waals surface area contributed by atoms with Crippen molar-refractivity contribution < 1.29 is 14.3 Å². The van der Waals surface area contributed by atoms with Gasteiger partial charge in [-0.3, -0.25) is 9.59 Å². The minimum absolute atomic E-state index is 0.0654. The lowest BCUT2D eigenvalue weighted by atomic mass is 10.1. The number of ether oxygens (including phenoxy) is 1. The molecule has 3 rings (SSSR count). The fourth-order valence-corrected chi connectivity index (χ4v) is 3.63. The van der Waals surface area contributed by atoms with Crippen LogP contribution in [0.4, 0.5) is 0 Å². The monoisotopic (exact) mass is 379 g/mol. The summed E-state index contributed by atoms with van der Waals surface area (Å²) < 4.78 is 5.37. The fraction of sp³-hybridized carbons (Fsp3) is 0.579. The molecule has 0 bridgehead atoms. The van der Waals surface area contributed by atoms with Crippen molar-refractivity contribution in [3.05, 3.63) is 34.9 Å². The summed E-state index contributed by atoms with van der Waals surface area (Å²) in [7, 11) is 0. The Bertz CT molecular complexity index is 628. The molecule has 0 aromatic heterocycles. The molecular formula is C19H26ClN3O3. The number of halogens is 1. The minimum Gasteiger partial charge on any atom is -0.381 e. The molecule has 26 heavy (non-hydrogen) atoms. The van der Waals surface area contributed by atoms with Gasteiger partial charge in [-0.1, -0.05) is 23.7 Å². The number of nitrogens with one attached hydrogen (secondary N) is 1. The Hall–Kier alpha value is -1.63. The van der Waals surface area contributed by atoms with Crippen molar-refractivity contribution >= 4 is 23.4 Å².